The minimum absolute atomic E-state index is 0.0413. The van der Waals surface area contributed by atoms with Crippen molar-refractivity contribution in [3.05, 3.63) is 88.7 Å². The van der Waals surface area contributed by atoms with Crippen LogP contribution in [-0.2, 0) is 4.79 Å². The number of nitro benzene ring substituents is 1. The normalized spacial score (nSPS) is 10.7. The second-order valence-electron chi connectivity index (χ2n) is 5.91. The highest BCUT2D eigenvalue weighted by Crippen LogP contribution is 2.14. The summed E-state index contributed by atoms with van der Waals surface area (Å²) in [6, 6.07) is 15.8. The van der Waals surface area contributed by atoms with Gasteiger partial charge in [-0.25, -0.2) is 4.68 Å². The Bertz CT molecular complexity index is 965. The van der Waals surface area contributed by atoms with E-state index in [1.54, 1.807) is 29.1 Å². The lowest BCUT2D eigenvalue weighted by Crippen LogP contribution is -2.27. The molecule has 1 aromatic heterocycles. The van der Waals surface area contributed by atoms with Crippen LogP contribution < -0.4 is 10.6 Å². The fourth-order valence-electron chi connectivity index (χ4n) is 2.47. The first-order chi connectivity index (χ1) is 13.6. The van der Waals surface area contributed by atoms with Crippen molar-refractivity contribution in [2.24, 2.45) is 0 Å². The van der Waals surface area contributed by atoms with Gasteiger partial charge in [-0.1, -0.05) is 18.2 Å². The van der Waals surface area contributed by atoms with Crippen molar-refractivity contribution in [1.29, 1.82) is 0 Å². The number of hydrogen-bond donors (Lipinski definition) is 2. The highest BCUT2D eigenvalue weighted by molar-refractivity contribution is 5.91. The standard InChI is InChI=1S/C20H19N5O3/c26-20(22-13-12-21-17-7-9-19(10-8-17)25(27)28)11-6-16-14-23-24(15-16)18-4-2-1-3-5-18/h1-11,14-15,21H,12-13H2,(H,22,26)/b11-6+. The van der Waals surface area contributed by atoms with Gasteiger partial charge in [0.05, 0.1) is 16.8 Å². The third-order valence-corrected chi connectivity index (χ3v) is 3.88. The number of para-hydroxylation sites is 1. The number of carbonyl (C=O) groups is 1. The number of amides is 1. The van der Waals surface area contributed by atoms with Crippen LogP contribution in [-0.4, -0.2) is 33.7 Å². The number of rotatable bonds is 8. The van der Waals surface area contributed by atoms with E-state index >= 15 is 0 Å². The Morgan fingerprint density at radius 3 is 2.57 bits per heavy atom. The Labute approximate surface area is 161 Å². The fourth-order valence-corrected chi connectivity index (χ4v) is 2.47. The molecule has 1 heterocycles. The Balaban J connectivity index is 1.42. The van der Waals surface area contributed by atoms with Crippen molar-refractivity contribution in [2.75, 3.05) is 18.4 Å². The van der Waals surface area contributed by atoms with Crippen molar-refractivity contribution < 1.29 is 9.72 Å². The van der Waals surface area contributed by atoms with Gasteiger partial charge in [0, 0.05) is 48.7 Å². The zero-order valence-electron chi connectivity index (χ0n) is 15.0. The van der Waals surface area contributed by atoms with Gasteiger partial charge in [0.15, 0.2) is 0 Å². The summed E-state index contributed by atoms with van der Waals surface area (Å²) in [6.07, 6.45) is 6.69. The molecule has 0 saturated carbocycles. The van der Waals surface area contributed by atoms with Crippen molar-refractivity contribution in [3.8, 4) is 5.69 Å². The van der Waals surface area contributed by atoms with Crippen LogP contribution in [0.2, 0.25) is 0 Å². The van der Waals surface area contributed by atoms with Gasteiger partial charge in [0.2, 0.25) is 5.91 Å². The number of nitro groups is 1. The van der Waals surface area contributed by atoms with Crippen LogP contribution in [0.1, 0.15) is 5.56 Å². The molecule has 0 aliphatic rings. The maximum absolute atomic E-state index is 11.9. The summed E-state index contributed by atoms with van der Waals surface area (Å²) in [7, 11) is 0. The van der Waals surface area contributed by atoms with E-state index in [0.717, 1.165) is 16.9 Å². The molecule has 3 aromatic rings. The Morgan fingerprint density at radius 2 is 1.86 bits per heavy atom. The summed E-state index contributed by atoms with van der Waals surface area (Å²) < 4.78 is 1.74. The molecule has 0 aliphatic heterocycles. The monoisotopic (exact) mass is 377 g/mol. The maximum Gasteiger partial charge on any atom is 0.269 e. The van der Waals surface area contributed by atoms with E-state index in [1.807, 2.05) is 36.5 Å². The van der Waals surface area contributed by atoms with Gasteiger partial charge >= 0.3 is 0 Å². The lowest BCUT2D eigenvalue weighted by atomic mass is 10.3. The van der Waals surface area contributed by atoms with Crippen LogP contribution in [0, 0.1) is 10.1 Å². The molecule has 8 heteroatoms. The molecule has 0 unspecified atom stereocenters. The molecule has 0 spiro atoms. The number of carbonyl (C=O) groups excluding carboxylic acids is 1. The smallest absolute Gasteiger partial charge is 0.269 e. The zero-order chi connectivity index (χ0) is 19.8. The molecule has 0 atom stereocenters. The molecule has 0 radical (unpaired) electrons. The number of benzene rings is 2. The average molecular weight is 377 g/mol. The van der Waals surface area contributed by atoms with Gasteiger partial charge in [-0.3, -0.25) is 14.9 Å². The van der Waals surface area contributed by atoms with Gasteiger partial charge in [-0.2, -0.15) is 5.10 Å². The molecular weight excluding hydrogens is 358 g/mol. The van der Waals surface area contributed by atoms with E-state index in [0.29, 0.717) is 13.1 Å². The predicted molar refractivity (Wildman–Crippen MR) is 107 cm³/mol. The summed E-state index contributed by atoms with van der Waals surface area (Å²) in [5.41, 5.74) is 2.57. The lowest BCUT2D eigenvalue weighted by molar-refractivity contribution is -0.384. The van der Waals surface area contributed by atoms with E-state index < -0.39 is 4.92 Å². The SMILES string of the molecule is O=C(/C=C/c1cnn(-c2ccccc2)c1)NCCNc1ccc([N+](=O)[O-])cc1. The van der Waals surface area contributed by atoms with Gasteiger partial charge in [-0.05, 0) is 30.3 Å². The molecule has 0 fully saturated rings. The Hall–Kier alpha value is -3.94. The van der Waals surface area contributed by atoms with E-state index in [4.69, 9.17) is 0 Å². The van der Waals surface area contributed by atoms with Crippen molar-refractivity contribution in [1.82, 2.24) is 15.1 Å². The number of aromatic nitrogens is 2. The summed E-state index contributed by atoms with van der Waals surface area (Å²) in [5.74, 6) is -0.210. The highest BCUT2D eigenvalue weighted by atomic mass is 16.6. The molecule has 142 valence electrons. The Kier molecular flexibility index (Phi) is 6.14. The molecule has 0 aliphatic carbocycles. The van der Waals surface area contributed by atoms with E-state index in [-0.39, 0.29) is 11.6 Å². The zero-order valence-corrected chi connectivity index (χ0v) is 15.0. The molecular formula is C20H19N5O3. The molecule has 8 nitrogen and oxygen atoms in total. The largest absolute Gasteiger partial charge is 0.383 e. The van der Waals surface area contributed by atoms with Gasteiger partial charge in [0.1, 0.15) is 0 Å². The third-order valence-electron chi connectivity index (χ3n) is 3.88. The van der Waals surface area contributed by atoms with Gasteiger partial charge in [0.25, 0.3) is 5.69 Å². The van der Waals surface area contributed by atoms with Crippen LogP contribution in [0.25, 0.3) is 11.8 Å². The minimum Gasteiger partial charge on any atom is -0.383 e. The quantitative estimate of drug-likeness (QED) is 0.272. The second kappa shape index (κ2) is 9.13. The summed E-state index contributed by atoms with van der Waals surface area (Å²) in [5, 5.41) is 20.7. The van der Waals surface area contributed by atoms with Crippen LogP contribution in [0.15, 0.2) is 73.1 Å². The van der Waals surface area contributed by atoms with Crippen LogP contribution in [0.4, 0.5) is 11.4 Å². The van der Waals surface area contributed by atoms with Gasteiger partial charge < -0.3 is 10.6 Å². The molecule has 0 bridgehead atoms. The predicted octanol–water partition coefficient (Wildman–Crippen LogP) is 3.02. The van der Waals surface area contributed by atoms with E-state index in [2.05, 4.69) is 15.7 Å². The van der Waals surface area contributed by atoms with Crippen molar-refractivity contribution >= 4 is 23.4 Å². The van der Waals surface area contributed by atoms with E-state index in [1.165, 1.54) is 18.2 Å². The first-order valence-corrected chi connectivity index (χ1v) is 8.66. The molecule has 2 aromatic carbocycles. The third kappa shape index (κ3) is 5.28. The molecule has 3 rings (SSSR count). The number of nitrogens with one attached hydrogen (secondary N) is 2. The number of anilines is 1. The number of non-ortho nitro benzene ring substituents is 1. The first kappa shape index (κ1) is 18.8. The topological polar surface area (TPSA) is 102 Å². The Morgan fingerprint density at radius 1 is 1.11 bits per heavy atom. The molecule has 1 amide bonds. The molecule has 2 N–H and O–H groups in total. The maximum atomic E-state index is 11.9. The van der Waals surface area contributed by atoms with Crippen LogP contribution >= 0.6 is 0 Å². The number of hydrogen-bond acceptors (Lipinski definition) is 5. The fraction of sp³-hybridized carbons (Fsp3) is 0.100. The van der Waals surface area contributed by atoms with Crippen LogP contribution in [0.3, 0.4) is 0 Å². The summed E-state index contributed by atoms with van der Waals surface area (Å²) >= 11 is 0. The van der Waals surface area contributed by atoms with E-state index in [9.17, 15) is 14.9 Å². The first-order valence-electron chi connectivity index (χ1n) is 8.66. The average Bonchev–Trinajstić information content (AvgIpc) is 3.20. The van der Waals surface area contributed by atoms with Crippen molar-refractivity contribution in [3.63, 3.8) is 0 Å². The summed E-state index contributed by atoms with van der Waals surface area (Å²) in [6.45, 7) is 0.923. The lowest BCUT2D eigenvalue weighted by Gasteiger charge is -2.06. The summed E-state index contributed by atoms with van der Waals surface area (Å²) in [4.78, 5) is 22.1. The second-order valence-corrected chi connectivity index (χ2v) is 5.91. The molecule has 0 saturated heterocycles. The van der Waals surface area contributed by atoms with Crippen LogP contribution in [0.5, 0.6) is 0 Å². The highest BCUT2D eigenvalue weighted by Gasteiger charge is 2.03. The number of nitrogens with zero attached hydrogens (tertiary/aromatic N) is 3. The minimum atomic E-state index is -0.445. The van der Waals surface area contributed by atoms with Crippen molar-refractivity contribution in [2.45, 2.75) is 0 Å². The molecule has 28 heavy (non-hydrogen) atoms. The van der Waals surface area contributed by atoms with Gasteiger partial charge in [-0.15, -0.1) is 0 Å².